The predicted molar refractivity (Wildman–Crippen MR) is 194 cm³/mol. The van der Waals surface area contributed by atoms with Gasteiger partial charge >= 0.3 is 16.5 Å². The molecule has 0 aromatic carbocycles. The molecule has 0 aliphatic carbocycles. The first-order chi connectivity index (χ1) is 20.9. The molecule has 44 heavy (non-hydrogen) atoms. The first kappa shape index (κ1) is 34.4. The van der Waals surface area contributed by atoms with Gasteiger partial charge in [0.05, 0.1) is 22.8 Å². The smallest absolute Gasteiger partial charge is 0.657 e. The second-order valence-electron chi connectivity index (χ2n) is 11.3. The minimum atomic E-state index is 0. The third kappa shape index (κ3) is 5.82. The zero-order valence-electron chi connectivity index (χ0n) is 27.5. The molecule has 0 unspecified atom stereocenters. The van der Waals surface area contributed by atoms with E-state index in [1.165, 1.54) is 44.5 Å². The molecule has 0 N–H and O–H groups in total. The van der Waals surface area contributed by atoms with Crippen LogP contribution in [0, 0.1) is 0 Å². The molecule has 0 saturated heterocycles. The van der Waals surface area contributed by atoms with Gasteiger partial charge in [-0.05, 0) is 89.4 Å². The summed E-state index contributed by atoms with van der Waals surface area (Å²) in [6.45, 7) is 18.0. The third-order valence-electron chi connectivity index (χ3n) is 9.22. The van der Waals surface area contributed by atoms with E-state index in [2.05, 4.69) is 106 Å². The minimum Gasteiger partial charge on any atom is -0.657 e. The van der Waals surface area contributed by atoms with E-state index >= 15 is 0 Å². The standard InChI is InChI=1S/C38H45IN4.Ni/c1-9-22-24(11-3)33-20-35-26(13-5)28(15-7)37(42-35)30(17-18-39)38-29(16-8)27(14-6)36(43-38)21-34-25(12-4)23(10-2)32(41-34)19-31(22)40-33;/h17-21H,9-16H2,1-8H3;/q-2;+2/b18-17+,31-19?,32-19?,33-20?,34-21?,35-20?,36-21?,37-30?,38-30?;. The summed E-state index contributed by atoms with van der Waals surface area (Å²) in [5.74, 6) is 0. The topological polar surface area (TPSA) is 54.0 Å². The number of halogens is 1. The fourth-order valence-corrected chi connectivity index (χ4v) is 7.63. The van der Waals surface area contributed by atoms with Gasteiger partial charge in [0.15, 0.2) is 0 Å². The molecular weight excluding hydrogens is 698 g/mol. The number of allylic oxidation sites excluding steroid dienone is 4. The Morgan fingerprint density at radius 1 is 0.545 bits per heavy atom. The number of aryl methyl sites for hydroxylation is 4. The Morgan fingerprint density at radius 3 is 1.39 bits per heavy atom. The Kier molecular flexibility index (Phi) is 11.6. The molecule has 2 aliphatic heterocycles. The number of fused-ring (bicyclic) bond motifs is 8. The summed E-state index contributed by atoms with van der Waals surface area (Å²) in [6.07, 6.45) is 9.68. The molecule has 5 heterocycles. The van der Waals surface area contributed by atoms with Gasteiger partial charge in [0.1, 0.15) is 0 Å². The van der Waals surface area contributed by atoms with Crippen molar-refractivity contribution in [2.75, 3.05) is 0 Å². The molecule has 0 fully saturated rings. The van der Waals surface area contributed by atoms with Crippen LogP contribution in [-0.4, -0.2) is 9.97 Å². The Labute approximate surface area is 287 Å². The zero-order valence-corrected chi connectivity index (χ0v) is 30.7. The van der Waals surface area contributed by atoms with Gasteiger partial charge in [0.25, 0.3) is 0 Å². The van der Waals surface area contributed by atoms with Crippen LogP contribution in [0.4, 0.5) is 0 Å². The molecule has 0 saturated carbocycles. The SMILES string of the molecule is CCC1=C(CC)c2cc3[n-]c(c(/C=C/I)c4nc(cc5[n-]c(cc1n2)c(CC)c5CC)C(CC)=C4CC)c(CC)c3CC.[Ni+2]. The van der Waals surface area contributed by atoms with E-state index in [1.807, 2.05) is 0 Å². The van der Waals surface area contributed by atoms with Crippen molar-refractivity contribution in [2.45, 2.75) is 107 Å². The summed E-state index contributed by atoms with van der Waals surface area (Å²) in [5.41, 5.74) is 20.2. The molecule has 8 bridgehead atoms. The minimum absolute atomic E-state index is 0. The van der Waals surface area contributed by atoms with Crippen molar-refractivity contribution >= 4 is 73.0 Å². The van der Waals surface area contributed by atoms with E-state index < -0.39 is 0 Å². The molecule has 4 nitrogen and oxygen atoms in total. The fourth-order valence-electron chi connectivity index (χ4n) is 7.27. The molecule has 6 heteroatoms. The summed E-state index contributed by atoms with van der Waals surface area (Å²) < 4.78 is 2.11. The molecular formula is C38H45IN4Ni. The summed E-state index contributed by atoms with van der Waals surface area (Å²) in [6, 6.07) is 6.76. The number of nitrogens with zero attached hydrogens (tertiary/aromatic N) is 4. The van der Waals surface area contributed by atoms with Gasteiger partial charge in [0, 0.05) is 0 Å². The van der Waals surface area contributed by atoms with Crippen molar-refractivity contribution in [3.05, 3.63) is 72.9 Å². The summed E-state index contributed by atoms with van der Waals surface area (Å²) >= 11 is 2.34. The van der Waals surface area contributed by atoms with Gasteiger partial charge in [-0.2, -0.15) is 0 Å². The molecule has 0 spiro atoms. The van der Waals surface area contributed by atoms with Crippen molar-refractivity contribution < 1.29 is 16.5 Å². The Balaban J connectivity index is 0.00000442. The van der Waals surface area contributed by atoms with Crippen LogP contribution in [-0.2, 0) is 42.2 Å². The van der Waals surface area contributed by atoms with E-state index in [4.69, 9.17) is 19.9 Å². The second-order valence-corrected chi connectivity index (χ2v) is 12.0. The normalized spacial score (nSPS) is 13.4. The van der Waals surface area contributed by atoms with Crippen LogP contribution < -0.4 is 9.97 Å². The van der Waals surface area contributed by atoms with Crippen LogP contribution >= 0.6 is 22.6 Å². The Morgan fingerprint density at radius 2 is 0.955 bits per heavy atom. The van der Waals surface area contributed by atoms with Crippen molar-refractivity contribution in [3.8, 4) is 0 Å². The quantitative estimate of drug-likeness (QED) is 0.162. The van der Waals surface area contributed by atoms with Gasteiger partial charge in [-0.25, -0.2) is 9.97 Å². The van der Waals surface area contributed by atoms with Crippen molar-refractivity contribution in [1.29, 1.82) is 0 Å². The molecule has 0 atom stereocenters. The maximum Gasteiger partial charge on any atom is 2.00 e. The largest absolute Gasteiger partial charge is 2.00 e. The van der Waals surface area contributed by atoms with Crippen LogP contribution in [0.3, 0.4) is 0 Å². The molecule has 234 valence electrons. The van der Waals surface area contributed by atoms with E-state index in [9.17, 15) is 0 Å². The van der Waals surface area contributed by atoms with E-state index in [0.29, 0.717) is 0 Å². The summed E-state index contributed by atoms with van der Waals surface area (Å²) in [7, 11) is 0. The first-order valence-electron chi connectivity index (χ1n) is 16.3. The van der Waals surface area contributed by atoms with Gasteiger partial charge in [-0.3, -0.25) is 0 Å². The number of aromatic nitrogens is 4. The van der Waals surface area contributed by atoms with E-state index in [0.717, 1.165) is 102 Å². The van der Waals surface area contributed by atoms with Crippen LogP contribution in [0.2, 0.25) is 0 Å². The number of rotatable bonds is 9. The maximum absolute atomic E-state index is 5.42. The molecule has 2 aliphatic rings. The summed E-state index contributed by atoms with van der Waals surface area (Å²) in [4.78, 5) is 21.4. The Hall–Kier alpha value is -2.44. The predicted octanol–water partition coefficient (Wildman–Crippen LogP) is 10.7. The van der Waals surface area contributed by atoms with Gasteiger partial charge in [0.2, 0.25) is 0 Å². The first-order valence-corrected chi connectivity index (χ1v) is 17.6. The van der Waals surface area contributed by atoms with E-state index in [-0.39, 0.29) is 16.5 Å². The monoisotopic (exact) mass is 742 g/mol. The summed E-state index contributed by atoms with van der Waals surface area (Å²) in [5, 5.41) is 0. The van der Waals surface area contributed by atoms with Crippen LogP contribution in [0.5, 0.6) is 0 Å². The van der Waals surface area contributed by atoms with Crippen molar-refractivity contribution in [3.63, 3.8) is 0 Å². The average molecular weight is 743 g/mol. The van der Waals surface area contributed by atoms with Crippen LogP contribution in [0.15, 0.2) is 22.3 Å². The molecule has 3 aromatic heterocycles. The second kappa shape index (κ2) is 14.8. The number of hydrogen-bond donors (Lipinski definition) is 0. The third-order valence-corrected chi connectivity index (χ3v) is 9.58. The fraction of sp³-hybridized carbons (Fsp3) is 0.421. The molecule has 0 radical (unpaired) electrons. The van der Waals surface area contributed by atoms with E-state index in [1.54, 1.807) is 0 Å². The van der Waals surface area contributed by atoms with Gasteiger partial charge in [-0.15, -0.1) is 22.1 Å². The van der Waals surface area contributed by atoms with Crippen LogP contribution in [0.25, 0.3) is 50.4 Å². The molecule has 5 rings (SSSR count). The van der Waals surface area contributed by atoms with Gasteiger partial charge in [-0.1, -0.05) is 118 Å². The molecule has 3 aromatic rings. The maximum atomic E-state index is 5.42. The molecule has 0 amide bonds. The van der Waals surface area contributed by atoms with Crippen molar-refractivity contribution in [1.82, 2.24) is 19.9 Å². The average Bonchev–Trinajstić information content (AvgIpc) is 3.74. The van der Waals surface area contributed by atoms with Gasteiger partial charge < -0.3 is 9.97 Å². The number of hydrogen-bond acceptors (Lipinski definition) is 2. The van der Waals surface area contributed by atoms with Crippen LogP contribution in [0.1, 0.15) is 132 Å². The Bertz CT molecular complexity index is 1820. The zero-order chi connectivity index (χ0) is 30.8. The van der Waals surface area contributed by atoms with Crippen molar-refractivity contribution in [2.24, 2.45) is 0 Å².